The van der Waals surface area contributed by atoms with Gasteiger partial charge < -0.3 is 0 Å². The van der Waals surface area contributed by atoms with E-state index in [9.17, 15) is 13.2 Å². The quantitative estimate of drug-likeness (QED) is 0.690. The van der Waals surface area contributed by atoms with Gasteiger partial charge in [0.15, 0.2) is 11.3 Å². The van der Waals surface area contributed by atoms with Crippen molar-refractivity contribution in [1.82, 2.24) is 19.4 Å². The van der Waals surface area contributed by atoms with E-state index in [0.717, 1.165) is 16.8 Å². The lowest BCUT2D eigenvalue weighted by molar-refractivity contribution is -0.142. The maximum atomic E-state index is 13.1. The minimum Gasteiger partial charge on any atom is -0.278 e. The molecule has 0 amide bonds. The van der Waals surface area contributed by atoms with Crippen LogP contribution in [0.1, 0.15) is 11.4 Å². The molecule has 0 saturated carbocycles. The summed E-state index contributed by atoms with van der Waals surface area (Å²) in [7, 11) is 0. The second-order valence-corrected chi connectivity index (χ2v) is 4.14. The highest BCUT2D eigenvalue weighted by molar-refractivity contribution is 5.62. The molecular weight excluding hydrogens is 283 g/mol. The van der Waals surface area contributed by atoms with Crippen LogP contribution in [0.3, 0.4) is 0 Å². The fraction of sp³-hybridized carbons (Fsp3) is 0.0769. The van der Waals surface area contributed by atoms with Crippen molar-refractivity contribution in [2.75, 3.05) is 0 Å². The van der Waals surface area contributed by atoms with E-state index in [1.54, 1.807) is 24.3 Å². The lowest BCUT2D eigenvalue weighted by atomic mass is 10.2. The SMILES string of the molecule is N#Cc1ncn2c(C(F)(F)F)cc(-c3ccccn3)nc12. The van der Waals surface area contributed by atoms with Gasteiger partial charge in [-0.2, -0.15) is 18.4 Å². The summed E-state index contributed by atoms with van der Waals surface area (Å²) in [6, 6.07) is 7.44. The van der Waals surface area contributed by atoms with Gasteiger partial charge in [-0.15, -0.1) is 0 Å². The molecule has 0 spiro atoms. The number of alkyl halides is 3. The molecule has 0 aromatic carbocycles. The summed E-state index contributed by atoms with van der Waals surface area (Å²) in [5, 5.41) is 8.92. The Hall–Kier alpha value is -2.95. The first kappa shape index (κ1) is 13.1. The number of fused-ring (bicyclic) bond motifs is 1. The molecule has 0 unspecified atom stereocenters. The molecule has 0 radical (unpaired) electrons. The molecular formula is C13H6F3N5. The third-order valence-corrected chi connectivity index (χ3v) is 2.83. The number of hydrogen-bond donors (Lipinski definition) is 0. The van der Waals surface area contributed by atoms with Crippen molar-refractivity contribution < 1.29 is 13.2 Å². The van der Waals surface area contributed by atoms with Gasteiger partial charge in [0.1, 0.15) is 18.1 Å². The number of nitriles is 1. The second kappa shape index (κ2) is 4.56. The maximum Gasteiger partial charge on any atom is 0.431 e. The maximum absolute atomic E-state index is 13.1. The van der Waals surface area contributed by atoms with Crippen molar-refractivity contribution in [1.29, 1.82) is 5.26 Å². The summed E-state index contributed by atoms with van der Waals surface area (Å²) in [6.45, 7) is 0. The van der Waals surface area contributed by atoms with Crippen LogP contribution >= 0.6 is 0 Å². The highest BCUT2D eigenvalue weighted by Gasteiger charge is 2.35. The van der Waals surface area contributed by atoms with E-state index in [1.807, 2.05) is 0 Å². The smallest absolute Gasteiger partial charge is 0.278 e. The van der Waals surface area contributed by atoms with E-state index in [1.165, 1.54) is 6.20 Å². The van der Waals surface area contributed by atoms with E-state index in [4.69, 9.17) is 5.26 Å². The molecule has 0 saturated heterocycles. The van der Waals surface area contributed by atoms with Crippen molar-refractivity contribution in [2.24, 2.45) is 0 Å². The Kier molecular flexibility index (Phi) is 2.83. The average molecular weight is 289 g/mol. The van der Waals surface area contributed by atoms with E-state index < -0.39 is 11.9 Å². The zero-order chi connectivity index (χ0) is 15.0. The number of halogens is 3. The summed E-state index contributed by atoms with van der Waals surface area (Å²) in [4.78, 5) is 11.7. The molecule has 21 heavy (non-hydrogen) atoms. The highest BCUT2D eigenvalue weighted by Crippen LogP contribution is 2.32. The summed E-state index contributed by atoms with van der Waals surface area (Å²) in [6.07, 6.45) is -2.21. The fourth-order valence-corrected chi connectivity index (χ4v) is 1.91. The Labute approximate surface area is 116 Å². The van der Waals surface area contributed by atoms with Crippen LogP contribution in [0.25, 0.3) is 17.0 Å². The van der Waals surface area contributed by atoms with Crippen LogP contribution in [0.2, 0.25) is 0 Å². The lowest BCUT2D eigenvalue weighted by Crippen LogP contribution is -2.12. The molecule has 0 fully saturated rings. The third-order valence-electron chi connectivity index (χ3n) is 2.83. The van der Waals surface area contributed by atoms with Crippen molar-refractivity contribution in [3.63, 3.8) is 0 Å². The van der Waals surface area contributed by atoms with Crippen LogP contribution in [0, 0.1) is 11.3 Å². The standard InChI is InChI=1S/C13H6F3N5/c14-13(15,16)11-5-9(8-3-1-2-4-18-8)20-12-10(6-17)19-7-21(11)12/h1-5,7H. The third kappa shape index (κ3) is 2.18. The first-order chi connectivity index (χ1) is 10.0. The van der Waals surface area contributed by atoms with Crippen LogP contribution < -0.4 is 0 Å². The molecule has 0 bridgehead atoms. The Morgan fingerprint density at radius 2 is 1.95 bits per heavy atom. The van der Waals surface area contributed by atoms with Gasteiger partial charge in [-0.05, 0) is 18.2 Å². The zero-order valence-electron chi connectivity index (χ0n) is 10.3. The number of hydrogen-bond acceptors (Lipinski definition) is 4. The van der Waals surface area contributed by atoms with Gasteiger partial charge in [0.05, 0.1) is 11.4 Å². The molecule has 0 aliphatic carbocycles. The van der Waals surface area contributed by atoms with Gasteiger partial charge in [-0.25, -0.2) is 9.97 Å². The van der Waals surface area contributed by atoms with E-state index in [2.05, 4.69) is 15.0 Å². The fourth-order valence-electron chi connectivity index (χ4n) is 1.91. The summed E-state index contributed by atoms with van der Waals surface area (Å²) in [5.41, 5.74) is -0.948. The van der Waals surface area contributed by atoms with Gasteiger partial charge in [0.25, 0.3) is 0 Å². The Morgan fingerprint density at radius 1 is 1.14 bits per heavy atom. The number of pyridine rings is 1. The van der Waals surface area contributed by atoms with Gasteiger partial charge in [-0.1, -0.05) is 6.07 Å². The van der Waals surface area contributed by atoms with E-state index in [0.29, 0.717) is 0 Å². The first-order valence-corrected chi connectivity index (χ1v) is 5.77. The monoisotopic (exact) mass is 289 g/mol. The van der Waals surface area contributed by atoms with Crippen molar-refractivity contribution in [2.45, 2.75) is 6.18 Å². The topological polar surface area (TPSA) is 66.9 Å². The summed E-state index contributed by atoms with van der Waals surface area (Å²) in [5.74, 6) is 0. The molecule has 3 aromatic rings. The van der Waals surface area contributed by atoms with Crippen LogP contribution in [0.15, 0.2) is 36.8 Å². The molecule has 0 aliphatic rings. The molecule has 0 atom stereocenters. The van der Waals surface area contributed by atoms with E-state index in [-0.39, 0.29) is 22.7 Å². The van der Waals surface area contributed by atoms with Gasteiger partial charge in [-0.3, -0.25) is 9.38 Å². The van der Waals surface area contributed by atoms with Gasteiger partial charge in [0.2, 0.25) is 0 Å². The molecule has 3 aromatic heterocycles. The normalized spacial score (nSPS) is 11.5. The number of aromatic nitrogens is 4. The zero-order valence-corrected chi connectivity index (χ0v) is 10.3. The molecule has 8 heteroatoms. The lowest BCUT2D eigenvalue weighted by Gasteiger charge is -2.11. The van der Waals surface area contributed by atoms with Gasteiger partial charge >= 0.3 is 6.18 Å². The van der Waals surface area contributed by atoms with Crippen molar-refractivity contribution in [3.05, 3.63) is 48.2 Å². The Morgan fingerprint density at radius 3 is 2.57 bits per heavy atom. The average Bonchev–Trinajstić information content (AvgIpc) is 2.89. The van der Waals surface area contributed by atoms with Crippen LogP contribution in [-0.4, -0.2) is 19.4 Å². The second-order valence-electron chi connectivity index (χ2n) is 4.14. The minimum absolute atomic E-state index is 0.0347. The number of nitrogens with zero attached hydrogens (tertiary/aromatic N) is 5. The largest absolute Gasteiger partial charge is 0.431 e. The van der Waals surface area contributed by atoms with E-state index >= 15 is 0 Å². The van der Waals surface area contributed by atoms with Crippen LogP contribution in [0.5, 0.6) is 0 Å². The molecule has 104 valence electrons. The van der Waals surface area contributed by atoms with Crippen LogP contribution in [-0.2, 0) is 6.18 Å². The molecule has 0 aliphatic heterocycles. The van der Waals surface area contributed by atoms with Crippen molar-refractivity contribution in [3.8, 4) is 17.5 Å². The Bertz CT molecular complexity index is 846. The minimum atomic E-state index is -4.60. The highest BCUT2D eigenvalue weighted by atomic mass is 19.4. The van der Waals surface area contributed by atoms with Crippen LogP contribution in [0.4, 0.5) is 13.2 Å². The first-order valence-electron chi connectivity index (χ1n) is 5.77. The van der Waals surface area contributed by atoms with Crippen molar-refractivity contribution >= 4 is 5.65 Å². The Balaban J connectivity index is 2.36. The summed E-state index contributed by atoms with van der Waals surface area (Å²) >= 11 is 0. The predicted molar refractivity (Wildman–Crippen MR) is 65.9 cm³/mol. The molecule has 3 rings (SSSR count). The molecule has 3 heterocycles. The number of rotatable bonds is 1. The predicted octanol–water partition coefficient (Wildman–Crippen LogP) is 2.68. The number of imidazole rings is 1. The molecule has 0 N–H and O–H groups in total. The molecule has 5 nitrogen and oxygen atoms in total. The summed E-state index contributed by atoms with van der Waals surface area (Å²) < 4.78 is 40.2. The van der Waals surface area contributed by atoms with Gasteiger partial charge in [0, 0.05) is 6.20 Å².